The summed E-state index contributed by atoms with van der Waals surface area (Å²) in [5.74, 6) is -0.293. The Balaban J connectivity index is 2.02. The minimum absolute atomic E-state index is 0.113. The van der Waals surface area contributed by atoms with Crippen LogP contribution < -0.4 is 5.32 Å². The highest BCUT2D eigenvalue weighted by Gasteiger charge is 2.47. The first kappa shape index (κ1) is 19.7. The van der Waals surface area contributed by atoms with Crippen LogP contribution in [0.4, 0.5) is 0 Å². The van der Waals surface area contributed by atoms with Gasteiger partial charge in [-0.15, -0.1) is 6.58 Å². The molecule has 0 unspecified atom stereocenters. The quantitative estimate of drug-likeness (QED) is 0.751. The van der Waals surface area contributed by atoms with Crippen LogP contribution in [-0.2, 0) is 11.3 Å². The summed E-state index contributed by atoms with van der Waals surface area (Å²) in [4.78, 5) is 36.6. The minimum Gasteiger partial charge on any atom is -0.351 e. The highest BCUT2D eigenvalue weighted by atomic mass is 16.2. The third kappa shape index (κ3) is 4.27. The lowest BCUT2D eigenvalue weighted by atomic mass is 9.78. The van der Waals surface area contributed by atoms with Gasteiger partial charge in [-0.3, -0.25) is 19.6 Å². The van der Waals surface area contributed by atoms with Crippen LogP contribution in [-0.4, -0.2) is 38.8 Å². The van der Waals surface area contributed by atoms with E-state index in [1.807, 2.05) is 12.1 Å². The molecule has 2 aromatic rings. The van der Waals surface area contributed by atoms with Crippen molar-refractivity contribution in [3.05, 3.63) is 72.8 Å². The summed E-state index contributed by atoms with van der Waals surface area (Å²) in [6.07, 6.45) is 12.4. The summed E-state index contributed by atoms with van der Waals surface area (Å²) < 4.78 is 0. The molecule has 6 heteroatoms. The number of amides is 2. The normalized spacial score (nSPS) is 15.4. The van der Waals surface area contributed by atoms with Crippen molar-refractivity contribution in [3.63, 3.8) is 0 Å². The van der Waals surface area contributed by atoms with Crippen molar-refractivity contribution in [2.24, 2.45) is 0 Å². The molecule has 146 valence electrons. The number of pyridine rings is 2. The van der Waals surface area contributed by atoms with E-state index in [9.17, 15) is 9.59 Å². The van der Waals surface area contributed by atoms with Gasteiger partial charge >= 0.3 is 0 Å². The van der Waals surface area contributed by atoms with Gasteiger partial charge in [-0.05, 0) is 42.7 Å². The number of rotatable bonds is 7. The first-order chi connectivity index (χ1) is 13.7. The van der Waals surface area contributed by atoms with Gasteiger partial charge in [0.25, 0.3) is 5.91 Å². The van der Waals surface area contributed by atoms with Gasteiger partial charge in [-0.2, -0.15) is 0 Å². The van der Waals surface area contributed by atoms with E-state index in [0.717, 1.165) is 24.8 Å². The molecule has 28 heavy (non-hydrogen) atoms. The number of carbonyl (C=O) groups excluding carboxylic acids is 2. The van der Waals surface area contributed by atoms with Crippen molar-refractivity contribution in [2.45, 2.75) is 44.2 Å². The van der Waals surface area contributed by atoms with E-state index in [4.69, 9.17) is 0 Å². The summed E-state index contributed by atoms with van der Waals surface area (Å²) in [6.45, 7) is 4.41. The Morgan fingerprint density at radius 2 is 1.86 bits per heavy atom. The molecule has 0 atom stereocenters. The van der Waals surface area contributed by atoms with E-state index < -0.39 is 5.54 Å². The average Bonchev–Trinajstić information content (AvgIpc) is 2.77. The Kier molecular flexibility index (Phi) is 6.53. The zero-order valence-electron chi connectivity index (χ0n) is 16.0. The van der Waals surface area contributed by atoms with Gasteiger partial charge in [-0.1, -0.05) is 25.3 Å². The molecule has 0 radical (unpaired) electrons. The predicted octanol–water partition coefficient (Wildman–Crippen LogP) is 3.12. The van der Waals surface area contributed by atoms with E-state index >= 15 is 0 Å². The summed E-state index contributed by atoms with van der Waals surface area (Å²) >= 11 is 0. The Bertz CT molecular complexity index is 802. The van der Waals surface area contributed by atoms with Crippen LogP contribution in [0.25, 0.3) is 0 Å². The zero-order valence-corrected chi connectivity index (χ0v) is 16.0. The van der Waals surface area contributed by atoms with E-state index in [1.54, 1.807) is 47.9 Å². The number of nitrogens with zero attached hydrogens (tertiary/aromatic N) is 3. The number of aromatic nitrogens is 2. The second-order valence-corrected chi connectivity index (χ2v) is 7.08. The molecule has 1 saturated carbocycles. The molecule has 6 nitrogen and oxygen atoms in total. The number of hydrogen-bond donors (Lipinski definition) is 1. The molecule has 0 saturated heterocycles. The van der Waals surface area contributed by atoms with Crippen LogP contribution in [0.3, 0.4) is 0 Å². The topological polar surface area (TPSA) is 75.2 Å². The van der Waals surface area contributed by atoms with Gasteiger partial charge in [0, 0.05) is 37.9 Å². The Hall–Kier alpha value is -3.02. The van der Waals surface area contributed by atoms with Crippen LogP contribution in [0.1, 0.15) is 48.0 Å². The smallest absolute Gasteiger partial charge is 0.256 e. The first-order valence-electron chi connectivity index (χ1n) is 9.67. The van der Waals surface area contributed by atoms with Crippen LogP contribution >= 0.6 is 0 Å². The zero-order chi connectivity index (χ0) is 19.8. The van der Waals surface area contributed by atoms with Crippen molar-refractivity contribution in [1.82, 2.24) is 20.2 Å². The molecular formula is C22H26N4O2. The molecule has 0 bridgehead atoms. The molecule has 2 heterocycles. The number of hydrogen-bond acceptors (Lipinski definition) is 4. The van der Waals surface area contributed by atoms with Crippen LogP contribution in [0.2, 0.25) is 0 Å². The van der Waals surface area contributed by atoms with E-state index in [1.165, 1.54) is 0 Å². The number of carbonyl (C=O) groups is 2. The molecule has 1 aliphatic carbocycles. The molecule has 1 fully saturated rings. The third-order valence-electron chi connectivity index (χ3n) is 5.27. The number of nitrogens with one attached hydrogen (secondary N) is 1. The maximum absolute atomic E-state index is 13.5. The molecule has 0 aliphatic heterocycles. The molecule has 2 aromatic heterocycles. The summed E-state index contributed by atoms with van der Waals surface area (Å²) in [6, 6.07) is 7.24. The van der Waals surface area contributed by atoms with Crippen molar-refractivity contribution in [1.29, 1.82) is 0 Å². The second-order valence-electron chi connectivity index (χ2n) is 7.08. The maximum Gasteiger partial charge on any atom is 0.256 e. The lowest BCUT2D eigenvalue weighted by Gasteiger charge is -2.45. The standard InChI is InChI=1S/C22H26N4O2/c1-2-12-25-21(28)22(10-4-3-5-11-22)26(17-18-8-14-23-15-9-18)20(27)19-7-6-13-24-16-19/h2,6-9,13-16H,1,3-5,10-12,17H2,(H,25,28). The molecule has 0 spiro atoms. The van der Waals surface area contributed by atoms with Gasteiger partial charge in [0.15, 0.2) is 0 Å². The SMILES string of the molecule is C=CCNC(=O)C1(N(Cc2ccncc2)C(=O)c2cccnc2)CCCCC1. The monoisotopic (exact) mass is 378 g/mol. The Morgan fingerprint density at radius 3 is 2.50 bits per heavy atom. The van der Waals surface area contributed by atoms with Crippen LogP contribution in [0.15, 0.2) is 61.7 Å². The minimum atomic E-state index is -0.878. The van der Waals surface area contributed by atoms with Crippen LogP contribution in [0.5, 0.6) is 0 Å². The Labute approximate surface area is 165 Å². The fourth-order valence-corrected chi connectivity index (χ4v) is 3.82. The molecule has 1 aliphatic rings. The first-order valence-corrected chi connectivity index (χ1v) is 9.67. The summed E-state index contributed by atoms with van der Waals surface area (Å²) in [5.41, 5.74) is 0.545. The largest absolute Gasteiger partial charge is 0.351 e. The Morgan fingerprint density at radius 1 is 1.11 bits per heavy atom. The van der Waals surface area contributed by atoms with Gasteiger partial charge in [-0.25, -0.2) is 0 Å². The highest BCUT2D eigenvalue weighted by molar-refractivity contribution is 5.99. The lowest BCUT2D eigenvalue weighted by Crippen LogP contribution is -2.61. The van der Waals surface area contributed by atoms with Crippen molar-refractivity contribution < 1.29 is 9.59 Å². The van der Waals surface area contributed by atoms with E-state index in [0.29, 0.717) is 31.5 Å². The summed E-state index contributed by atoms with van der Waals surface area (Å²) in [7, 11) is 0. The third-order valence-corrected chi connectivity index (χ3v) is 5.27. The molecule has 1 N–H and O–H groups in total. The maximum atomic E-state index is 13.5. The fraction of sp³-hybridized carbons (Fsp3) is 0.364. The van der Waals surface area contributed by atoms with E-state index in [-0.39, 0.29) is 11.8 Å². The van der Waals surface area contributed by atoms with Gasteiger partial charge in [0.1, 0.15) is 5.54 Å². The highest BCUT2D eigenvalue weighted by Crippen LogP contribution is 2.36. The molecular weight excluding hydrogens is 352 g/mol. The second kappa shape index (κ2) is 9.26. The fourth-order valence-electron chi connectivity index (χ4n) is 3.82. The molecule has 2 amide bonds. The molecule has 3 rings (SSSR count). The van der Waals surface area contributed by atoms with Gasteiger partial charge in [0.2, 0.25) is 5.91 Å². The van der Waals surface area contributed by atoms with Gasteiger partial charge < -0.3 is 10.2 Å². The lowest BCUT2D eigenvalue weighted by molar-refractivity contribution is -0.134. The van der Waals surface area contributed by atoms with Crippen molar-refractivity contribution in [3.8, 4) is 0 Å². The molecule has 0 aromatic carbocycles. The predicted molar refractivity (Wildman–Crippen MR) is 107 cm³/mol. The van der Waals surface area contributed by atoms with E-state index in [2.05, 4.69) is 21.9 Å². The van der Waals surface area contributed by atoms with Crippen molar-refractivity contribution in [2.75, 3.05) is 6.54 Å². The average molecular weight is 378 g/mol. The van der Waals surface area contributed by atoms with Crippen molar-refractivity contribution >= 4 is 11.8 Å². The van der Waals surface area contributed by atoms with Gasteiger partial charge in [0.05, 0.1) is 5.56 Å². The van der Waals surface area contributed by atoms with Crippen LogP contribution in [0, 0.1) is 0 Å². The summed E-state index contributed by atoms with van der Waals surface area (Å²) in [5, 5.41) is 2.94.